The van der Waals surface area contributed by atoms with E-state index in [9.17, 15) is 4.79 Å². The zero-order valence-electron chi connectivity index (χ0n) is 16.7. The first-order valence-corrected chi connectivity index (χ1v) is 10.1. The Morgan fingerprint density at radius 1 is 1.23 bits per heavy atom. The number of aromatic nitrogens is 5. The van der Waals surface area contributed by atoms with Gasteiger partial charge in [-0.1, -0.05) is 35.5 Å². The minimum atomic E-state index is -0.152. The van der Waals surface area contributed by atoms with Crippen molar-refractivity contribution in [3.8, 4) is 0 Å². The first-order valence-electron chi connectivity index (χ1n) is 10.1. The lowest BCUT2D eigenvalue weighted by atomic mass is 10.1. The molecule has 4 aromatic rings. The smallest absolute Gasteiger partial charge is 0.255 e. The summed E-state index contributed by atoms with van der Waals surface area (Å²) in [6.45, 7) is 1.07. The van der Waals surface area contributed by atoms with E-state index in [1.807, 2.05) is 22.8 Å². The van der Waals surface area contributed by atoms with Crippen LogP contribution in [0.25, 0.3) is 11.2 Å². The van der Waals surface area contributed by atoms with Gasteiger partial charge < -0.3 is 14.0 Å². The SMILES string of the molecule is CN(Cc1noc(C2CC2)n1)C(=O)c1cnc2c(c1)ncn2CCc1ccccc1. The molecule has 0 N–H and O–H groups in total. The van der Waals surface area contributed by atoms with Gasteiger partial charge >= 0.3 is 0 Å². The van der Waals surface area contributed by atoms with Crippen LogP contribution in [0.15, 0.2) is 53.4 Å². The lowest BCUT2D eigenvalue weighted by molar-refractivity contribution is 0.0780. The van der Waals surface area contributed by atoms with Crippen LogP contribution in [-0.2, 0) is 19.5 Å². The second-order valence-corrected chi connectivity index (χ2v) is 7.72. The van der Waals surface area contributed by atoms with E-state index in [1.54, 1.807) is 30.5 Å². The number of carbonyl (C=O) groups excluding carboxylic acids is 1. The third-order valence-electron chi connectivity index (χ3n) is 5.32. The molecule has 30 heavy (non-hydrogen) atoms. The number of imidazole rings is 1. The lowest BCUT2D eigenvalue weighted by Gasteiger charge is -2.14. The van der Waals surface area contributed by atoms with Gasteiger partial charge in [-0.25, -0.2) is 9.97 Å². The van der Waals surface area contributed by atoms with Gasteiger partial charge in [0, 0.05) is 25.7 Å². The molecule has 8 nitrogen and oxygen atoms in total. The van der Waals surface area contributed by atoms with Crippen LogP contribution in [0.3, 0.4) is 0 Å². The lowest BCUT2D eigenvalue weighted by Crippen LogP contribution is -2.26. The van der Waals surface area contributed by atoms with E-state index in [-0.39, 0.29) is 5.91 Å². The largest absolute Gasteiger partial charge is 0.339 e. The molecule has 0 spiro atoms. The molecular formula is C22H22N6O2. The number of amides is 1. The van der Waals surface area contributed by atoms with Crippen molar-refractivity contribution >= 4 is 17.1 Å². The predicted octanol–water partition coefficient (Wildman–Crippen LogP) is 3.21. The van der Waals surface area contributed by atoms with E-state index in [0.29, 0.717) is 35.3 Å². The summed E-state index contributed by atoms with van der Waals surface area (Å²) in [4.78, 5) is 27.7. The topological polar surface area (TPSA) is 89.9 Å². The van der Waals surface area contributed by atoms with Gasteiger partial charge in [-0.2, -0.15) is 4.98 Å². The van der Waals surface area contributed by atoms with E-state index in [2.05, 4.69) is 32.2 Å². The Labute approximate surface area is 173 Å². The summed E-state index contributed by atoms with van der Waals surface area (Å²) in [5.74, 6) is 1.44. The van der Waals surface area contributed by atoms with Crippen LogP contribution < -0.4 is 0 Å². The quantitative estimate of drug-likeness (QED) is 0.472. The van der Waals surface area contributed by atoms with Gasteiger partial charge in [-0.15, -0.1) is 0 Å². The van der Waals surface area contributed by atoms with Crippen molar-refractivity contribution < 1.29 is 9.32 Å². The normalized spacial score (nSPS) is 13.6. The first-order chi connectivity index (χ1) is 14.7. The van der Waals surface area contributed by atoms with Gasteiger partial charge in [0.2, 0.25) is 5.89 Å². The van der Waals surface area contributed by atoms with Gasteiger partial charge in [0.1, 0.15) is 5.52 Å². The summed E-state index contributed by atoms with van der Waals surface area (Å²) in [5, 5.41) is 3.98. The van der Waals surface area contributed by atoms with Crippen molar-refractivity contribution in [1.82, 2.24) is 29.6 Å². The number of benzene rings is 1. The maximum Gasteiger partial charge on any atom is 0.255 e. The number of rotatable bonds is 7. The zero-order chi connectivity index (χ0) is 20.5. The van der Waals surface area contributed by atoms with E-state index in [4.69, 9.17) is 4.52 Å². The molecule has 1 fully saturated rings. The van der Waals surface area contributed by atoms with Crippen LogP contribution in [0.2, 0.25) is 0 Å². The highest BCUT2D eigenvalue weighted by atomic mass is 16.5. The highest BCUT2D eigenvalue weighted by molar-refractivity contribution is 5.96. The fraction of sp³-hybridized carbons (Fsp3) is 0.318. The van der Waals surface area contributed by atoms with Gasteiger partial charge in [-0.3, -0.25) is 4.79 Å². The summed E-state index contributed by atoms with van der Waals surface area (Å²) >= 11 is 0. The third kappa shape index (κ3) is 3.80. The van der Waals surface area contributed by atoms with E-state index >= 15 is 0 Å². The van der Waals surface area contributed by atoms with Crippen LogP contribution in [0.4, 0.5) is 0 Å². The molecule has 1 aromatic carbocycles. The standard InChI is InChI=1S/C22H22N6O2/c1-27(13-19-25-21(30-26-19)16-7-8-16)22(29)17-11-18-20(23-12-17)28(14-24-18)10-9-15-5-3-2-4-6-15/h2-6,11-12,14,16H,7-10,13H2,1H3. The molecule has 152 valence electrons. The molecule has 1 saturated carbocycles. The zero-order valence-corrected chi connectivity index (χ0v) is 16.7. The van der Waals surface area contributed by atoms with Crippen LogP contribution in [0, 0.1) is 0 Å². The highest BCUT2D eigenvalue weighted by Crippen LogP contribution is 2.38. The minimum Gasteiger partial charge on any atom is -0.339 e. The summed E-state index contributed by atoms with van der Waals surface area (Å²) in [6.07, 6.45) is 6.47. The van der Waals surface area contributed by atoms with Crippen molar-refractivity contribution in [1.29, 1.82) is 0 Å². The number of hydrogen-bond acceptors (Lipinski definition) is 6. The average molecular weight is 402 g/mol. The van der Waals surface area contributed by atoms with Gasteiger partial charge in [0.25, 0.3) is 5.91 Å². The fourth-order valence-corrected chi connectivity index (χ4v) is 3.46. The van der Waals surface area contributed by atoms with Gasteiger partial charge in [0.05, 0.1) is 18.4 Å². The average Bonchev–Trinajstić information content (AvgIpc) is 3.39. The summed E-state index contributed by atoms with van der Waals surface area (Å²) in [6, 6.07) is 12.1. The Hall–Kier alpha value is -3.55. The van der Waals surface area contributed by atoms with Crippen LogP contribution in [0.1, 0.15) is 46.4 Å². The van der Waals surface area contributed by atoms with Gasteiger partial charge in [-0.05, 0) is 30.9 Å². The second-order valence-electron chi connectivity index (χ2n) is 7.72. The molecule has 0 unspecified atom stereocenters. The van der Waals surface area contributed by atoms with E-state index in [0.717, 1.165) is 31.5 Å². The van der Waals surface area contributed by atoms with Crippen molar-refractivity contribution in [2.45, 2.75) is 38.3 Å². The van der Waals surface area contributed by atoms with E-state index in [1.165, 1.54) is 5.56 Å². The van der Waals surface area contributed by atoms with Gasteiger partial charge in [0.15, 0.2) is 11.5 Å². The van der Waals surface area contributed by atoms with Crippen LogP contribution in [-0.4, -0.2) is 42.5 Å². The predicted molar refractivity (Wildman–Crippen MR) is 110 cm³/mol. The maximum absolute atomic E-state index is 12.8. The molecule has 3 aromatic heterocycles. The molecule has 0 radical (unpaired) electrons. The van der Waals surface area contributed by atoms with Crippen LogP contribution in [0.5, 0.6) is 0 Å². The maximum atomic E-state index is 12.8. The molecule has 0 aliphatic heterocycles. The number of aryl methyl sites for hydroxylation is 2. The van der Waals surface area contributed by atoms with Crippen molar-refractivity contribution in [3.63, 3.8) is 0 Å². The monoisotopic (exact) mass is 402 g/mol. The molecule has 0 atom stereocenters. The van der Waals surface area contributed by atoms with E-state index < -0.39 is 0 Å². The first kappa shape index (κ1) is 18.5. The minimum absolute atomic E-state index is 0.152. The second kappa shape index (κ2) is 7.70. The molecule has 1 aliphatic rings. The van der Waals surface area contributed by atoms with Crippen LogP contribution >= 0.6 is 0 Å². The summed E-state index contributed by atoms with van der Waals surface area (Å²) in [5.41, 5.74) is 3.23. The summed E-state index contributed by atoms with van der Waals surface area (Å²) < 4.78 is 7.28. The highest BCUT2D eigenvalue weighted by Gasteiger charge is 2.30. The van der Waals surface area contributed by atoms with Crippen molar-refractivity contribution in [2.75, 3.05) is 7.05 Å². The number of fused-ring (bicyclic) bond motifs is 1. The Morgan fingerprint density at radius 2 is 2.07 bits per heavy atom. The molecule has 1 aliphatic carbocycles. The summed E-state index contributed by atoms with van der Waals surface area (Å²) in [7, 11) is 1.72. The third-order valence-corrected chi connectivity index (χ3v) is 5.32. The molecular weight excluding hydrogens is 380 g/mol. The van der Waals surface area contributed by atoms with Crippen molar-refractivity contribution in [3.05, 3.63) is 71.8 Å². The number of nitrogens with zero attached hydrogens (tertiary/aromatic N) is 6. The molecule has 0 bridgehead atoms. The Morgan fingerprint density at radius 3 is 2.87 bits per heavy atom. The molecule has 1 amide bonds. The number of carbonyl (C=O) groups is 1. The Kier molecular flexibility index (Phi) is 4.74. The van der Waals surface area contributed by atoms with Crippen molar-refractivity contribution in [2.24, 2.45) is 0 Å². The molecule has 8 heteroatoms. The molecule has 0 saturated heterocycles. The Balaban J connectivity index is 1.27. The molecule has 5 rings (SSSR count). The number of hydrogen-bond donors (Lipinski definition) is 0. The number of pyridine rings is 1. The Bertz CT molecular complexity index is 1180. The fourth-order valence-electron chi connectivity index (χ4n) is 3.46. The molecule has 3 heterocycles.